The van der Waals surface area contributed by atoms with E-state index in [-0.39, 0.29) is 21.3 Å². The van der Waals surface area contributed by atoms with E-state index in [0.717, 1.165) is 30.6 Å². The van der Waals surface area contributed by atoms with Crippen molar-refractivity contribution in [2.45, 2.75) is 58.5 Å². The predicted octanol–water partition coefficient (Wildman–Crippen LogP) is 5.20. The van der Waals surface area contributed by atoms with Gasteiger partial charge < -0.3 is 10.2 Å². The number of alkyl halides is 3. The second-order valence-electron chi connectivity index (χ2n) is 8.71. The van der Waals surface area contributed by atoms with E-state index in [4.69, 9.17) is 9.78 Å². The van der Waals surface area contributed by atoms with Crippen LogP contribution in [0.25, 0.3) is 10.2 Å². The van der Waals surface area contributed by atoms with Crippen molar-refractivity contribution in [2.24, 2.45) is 0 Å². The summed E-state index contributed by atoms with van der Waals surface area (Å²) < 4.78 is 42.1. The van der Waals surface area contributed by atoms with Crippen molar-refractivity contribution in [3.63, 3.8) is 0 Å². The highest BCUT2D eigenvalue weighted by Gasteiger charge is 2.40. The van der Waals surface area contributed by atoms with E-state index >= 15 is 0 Å². The van der Waals surface area contributed by atoms with Crippen LogP contribution in [0.15, 0.2) is 0 Å². The maximum absolute atomic E-state index is 14.1. The van der Waals surface area contributed by atoms with Crippen LogP contribution in [0.2, 0.25) is 0 Å². The minimum absolute atomic E-state index is 0.0534. The molecule has 0 bridgehead atoms. The normalized spacial score (nSPS) is 15.1. The molecule has 3 rings (SSSR count). The number of piperidine rings is 1. The Kier molecular flexibility index (Phi) is 6.60. The molecule has 1 fully saturated rings. The minimum atomic E-state index is -4.74. The fraction of sp³-hybridized carbons (Fsp3) is 0.571. The van der Waals surface area contributed by atoms with Crippen molar-refractivity contribution >= 4 is 33.6 Å². The van der Waals surface area contributed by atoms with Crippen LogP contribution in [0.5, 0.6) is 5.88 Å². The molecule has 1 saturated heterocycles. The van der Waals surface area contributed by atoms with Gasteiger partial charge in [0.1, 0.15) is 0 Å². The Hall–Kier alpha value is -2.56. The summed E-state index contributed by atoms with van der Waals surface area (Å²) >= 11 is 0.883. The smallest absolute Gasteiger partial charge is 0.355 e. The number of aromatic nitrogens is 1. The van der Waals surface area contributed by atoms with E-state index in [0.29, 0.717) is 18.0 Å². The van der Waals surface area contributed by atoms with Gasteiger partial charge in [-0.15, -0.1) is 11.3 Å². The Morgan fingerprint density at radius 2 is 1.75 bits per heavy atom. The maximum Gasteiger partial charge on any atom is 0.452 e. The average molecular weight is 474 g/mol. The number of nitrogens with one attached hydrogen (secondary N) is 1. The summed E-state index contributed by atoms with van der Waals surface area (Å²) in [6, 6.07) is 0. The number of fused-ring (bicyclic) bond motifs is 1. The lowest BCUT2D eigenvalue weighted by molar-refractivity contribution is -0.160. The van der Waals surface area contributed by atoms with Crippen molar-refractivity contribution in [3.8, 4) is 5.88 Å². The molecule has 0 radical (unpaired) electrons. The van der Waals surface area contributed by atoms with E-state index in [1.165, 1.54) is 18.9 Å². The van der Waals surface area contributed by atoms with E-state index in [2.05, 4.69) is 10.3 Å². The van der Waals surface area contributed by atoms with Crippen LogP contribution < -0.4 is 10.2 Å². The quantitative estimate of drug-likeness (QED) is 0.490. The van der Waals surface area contributed by atoms with Gasteiger partial charge in [0.05, 0.1) is 21.3 Å². The van der Waals surface area contributed by atoms with Gasteiger partial charge in [-0.25, -0.2) is 14.7 Å². The molecular formula is C21H26F3N3O4S. The average Bonchev–Trinajstić information content (AvgIpc) is 3.10. The number of rotatable bonds is 3. The number of halogens is 3. The molecule has 2 amide bonds. The minimum Gasteiger partial charge on any atom is -0.355 e. The van der Waals surface area contributed by atoms with Crippen LogP contribution in [0.4, 0.5) is 18.0 Å². The Balaban J connectivity index is 2.14. The molecule has 1 N–H and O–H groups in total. The molecule has 0 unspecified atom stereocenters. The molecule has 0 spiro atoms. The fourth-order valence-electron chi connectivity index (χ4n) is 3.65. The number of hydrogen-bond acceptors (Lipinski definition) is 6. The lowest BCUT2D eigenvalue weighted by Crippen LogP contribution is -2.36. The van der Waals surface area contributed by atoms with Crippen molar-refractivity contribution in [1.82, 2.24) is 15.2 Å². The van der Waals surface area contributed by atoms with Crippen molar-refractivity contribution in [3.05, 3.63) is 21.6 Å². The van der Waals surface area contributed by atoms with Gasteiger partial charge in [-0.05, 0) is 31.6 Å². The van der Waals surface area contributed by atoms with Gasteiger partial charge >= 0.3 is 12.3 Å². The van der Waals surface area contributed by atoms with Crippen LogP contribution in [-0.4, -0.2) is 42.0 Å². The molecule has 2 aromatic rings. The Labute approximate surface area is 187 Å². The first-order chi connectivity index (χ1) is 14.9. The van der Waals surface area contributed by atoms with Gasteiger partial charge in [0.25, 0.3) is 11.8 Å². The van der Waals surface area contributed by atoms with Crippen LogP contribution in [0, 0.1) is 6.92 Å². The van der Waals surface area contributed by atoms with E-state index in [1.54, 1.807) is 0 Å². The van der Waals surface area contributed by atoms with Crippen LogP contribution >= 0.6 is 11.3 Å². The highest BCUT2D eigenvalue weighted by molar-refractivity contribution is 7.19. The lowest BCUT2D eigenvalue weighted by Gasteiger charge is -2.24. The summed E-state index contributed by atoms with van der Waals surface area (Å²) in [6.45, 7) is 7.60. The van der Waals surface area contributed by atoms with Crippen molar-refractivity contribution in [1.29, 1.82) is 0 Å². The first-order valence-electron chi connectivity index (χ1n) is 10.3. The first kappa shape index (κ1) is 24.1. The molecule has 176 valence electrons. The van der Waals surface area contributed by atoms with Crippen molar-refractivity contribution in [2.75, 3.05) is 20.1 Å². The van der Waals surface area contributed by atoms with E-state index in [1.807, 2.05) is 20.8 Å². The van der Waals surface area contributed by atoms with Crippen LogP contribution in [-0.2, 0) is 16.5 Å². The summed E-state index contributed by atoms with van der Waals surface area (Å²) in [7, 11) is 1.40. The van der Waals surface area contributed by atoms with Gasteiger partial charge in [-0.3, -0.25) is 9.68 Å². The Bertz CT molecular complexity index is 1040. The molecular weight excluding hydrogens is 447 g/mol. The molecule has 0 atom stereocenters. The number of nitrogens with zero attached hydrogens (tertiary/aromatic N) is 2. The highest BCUT2D eigenvalue weighted by atomic mass is 32.1. The van der Waals surface area contributed by atoms with Crippen LogP contribution in [0.3, 0.4) is 0 Å². The third kappa shape index (κ3) is 4.62. The summed E-state index contributed by atoms with van der Waals surface area (Å²) in [5.41, 5.74) is -1.97. The SMILES string of the molecule is CNC(=O)c1c(C(C)(C)C)sc2c(C(F)(F)F)c(C)c(OOC(=O)N3CCCCC3)nc12. The van der Waals surface area contributed by atoms with Crippen molar-refractivity contribution < 1.29 is 32.5 Å². The molecule has 32 heavy (non-hydrogen) atoms. The molecule has 0 saturated carbocycles. The second kappa shape index (κ2) is 8.76. The number of pyridine rings is 1. The Morgan fingerprint density at radius 1 is 1.12 bits per heavy atom. The zero-order chi connectivity index (χ0) is 23.8. The van der Waals surface area contributed by atoms with Gasteiger partial charge in [0.2, 0.25) is 0 Å². The summed E-state index contributed by atoms with van der Waals surface area (Å²) in [6.07, 6.45) is -2.90. The van der Waals surface area contributed by atoms with Crippen LogP contribution in [0.1, 0.15) is 66.4 Å². The number of hydrogen-bond donors (Lipinski definition) is 1. The third-order valence-electron chi connectivity index (χ3n) is 5.24. The summed E-state index contributed by atoms with van der Waals surface area (Å²) in [5, 5.41) is 2.47. The zero-order valence-electron chi connectivity index (χ0n) is 18.6. The molecule has 11 heteroatoms. The summed E-state index contributed by atoms with van der Waals surface area (Å²) in [5.74, 6) is -1.06. The maximum atomic E-state index is 14.1. The number of carbonyl (C=O) groups excluding carboxylic acids is 2. The number of likely N-dealkylation sites (tertiary alicyclic amines) is 1. The highest BCUT2D eigenvalue weighted by Crippen LogP contribution is 2.47. The largest absolute Gasteiger partial charge is 0.452 e. The summed E-state index contributed by atoms with van der Waals surface area (Å²) in [4.78, 5) is 40.8. The zero-order valence-corrected chi connectivity index (χ0v) is 19.4. The first-order valence-corrected chi connectivity index (χ1v) is 11.1. The fourth-order valence-corrected chi connectivity index (χ4v) is 5.07. The molecule has 1 aliphatic rings. The molecule has 7 nitrogen and oxygen atoms in total. The van der Waals surface area contributed by atoms with Gasteiger partial charge in [0.15, 0.2) is 0 Å². The molecule has 0 aromatic carbocycles. The third-order valence-corrected chi connectivity index (χ3v) is 6.87. The number of carbonyl (C=O) groups is 2. The van der Waals surface area contributed by atoms with Gasteiger partial charge in [-0.2, -0.15) is 13.2 Å². The molecule has 1 aliphatic heterocycles. The monoisotopic (exact) mass is 473 g/mol. The van der Waals surface area contributed by atoms with E-state index in [9.17, 15) is 22.8 Å². The number of amides is 2. The Morgan fingerprint density at radius 3 is 2.28 bits per heavy atom. The molecule has 3 heterocycles. The number of thiophene rings is 1. The topological polar surface area (TPSA) is 80.8 Å². The predicted molar refractivity (Wildman–Crippen MR) is 114 cm³/mol. The lowest BCUT2D eigenvalue weighted by atomic mass is 9.91. The van der Waals surface area contributed by atoms with E-state index < -0.39 is 35.0 Å². The van der Waals surface area contributed by atoms with Gasteiger partial charge in [0, 0.05) is 30.6 Å². The van der Waals surface area contributed by atoms with Gasteiger partial charge in [-0.1, -0.05) is 20.8 Å². The standard InChI is InChI=1S/C21H26F3N3O4S/c1-11-13(21(22,23)24)15-14(12(17(28)25-5)16(32-15)20(2,3)4)26-18(11)30-31-19(29)27-9-7-6-8-10-27/h6-10H2,1-5H3,(H,25,28). The molecule has 0 aliphatic carbocycles. The second-order valence-corrected chi connectivity index (χ2v) is 9.73. The molecule has 2 aromatic heterocycles.